The van der Waals surface area contributed by atoms with Crippen LogP contribution in [-0.4, -0.2) is 13.1 Å². The molecule has 0 aromatic heterocycles. The first-order chi connectivity index (χ1) is 8.22. The third kappa shape index (κ3) is 3.35. The number of benzene rings is 1. The van der Waals surface area contributed by atoms with Gasteiger partial charge in [0.2, 0.25) is 0 Å². The zero-order valence-electron chi connectivity index (χ0n) is 9.83. The third-order valence-corrected chi connectivity index (χ3v) is 3.53. The lowest BCUT2D eigenvalue weighted by Crippen LogP contribution is -2.30. The van der Waals surface area contributed by atoms with Crippen LogP contribution in [0, 0.1) is 23.1 Å². The topological polar surface area (TPSA) is 35.8 Å². The van der Waals surface area contributed by atoms with Crippen LogP contribution in [0.2, 0.25) is 5.02 Å². The molecule has 18 heavy (non-hydrogen) atoms. The molecule has 1 saturated heterocycles. The summed E-state index contributed by atoms with van der Waals surface area (Å²) < 4.78 is 13.8. The highest BCUT2D eigenvalue weighted by molar-refractivity contribution is 6.30. The van der Waals surface area contributed by atoms with Gasteiger partial charge in [-0.15, -0.1) is 12.4 Å². The Balaban J connectivity index is 0.00000162. The number of rotatable bonds is 2. The Labute approximate surface area is 118 Å². The molecule has 1 fully saturated rings. The van der Waals surface area contributed by atoms with E-state index in [0.29, 0.717) is 10.6 Å². The van der Waals surface area contributed by atoms with E-state index in [4.69, 9.17) is 11.6 Å². The van der Waals surface area contributed by atoms with Crippen LogP contribution in [0.15, 0.2) is 18.2 Å². The summed E-state index contributed by atoms with van der Waals surface area (Å²) in [5.41, 5.74) is 0.476. The molecule has 1 heterocycles. The van der Waals surface area contributed by atoms with Gasteiger partial charge in [-0.25, -0.2) is 4.39 Å². The first-order valence-electron chi connectivity index (χ1n) is 5.77. The van der Waals surface area contributed by atoms with Crippen molar-refractivity contribution in [2.75, 3.05) is 13.1 Å². The molecule has 0 aliphatic carbocycles. The summed E-state index contributed by atoms with van der Waals surface area (Å²) >= 11 is 5.72. The normalized spacial score (nSPS) is 17.6. The van der Waals surface area contributed by atoms with Gasteiger partial charge in [-0.05, 0) is 44.0 Å². The van der Waals surface area contributed by atoms with Crippen molar-refractivity contribution in [3.8, 4) is 6.07 Å². The minimum absolute atomic E-state index is 0. The summed E-state index contributed by atoms with van der Waals surface area (Å²) in [5.74, 6) is -0.506. The van der Waals surface area contributed by atoms with Crippen molar-refractivity contribution < 1.29 is 4.39 Å². The second-order valence-electron chi connectivity index (χ2n) is 4.36. The van der Waals surface area contributed by atoms with Gasteiger partial charge < -0.3 is 5.32 Å². The number of hydrogen-bond donors (Lipinski definition) is 1. The van der Waals surface area contributed by atoms with Crippen molar-refractivity contribution in [2.24, 2.45) is 5.92 Å². The molecule has 2 nitrogen and oxygen atoms in total. The number of nitrogens with zero attached hydrogens (tertiary/aromatic N) is 1. The van der Waals surface area contributed by atoms with Crippen molar-refractivity contribution in [3.63, 3.8) is 0 Å². The van der Waals surface area contributed by atoms with Gasteiger partial charge in [-0.3, -0.25) is 0 Å². The van der Waals surface area contributed by atoms with E-state index in [0.717, 1.165) is 25.9 Å². The second kappa shape index (κ2) is 6.94. The van der Waals surface area contributed by atoms with Crippen LogP contribution in [0.1, 0.15) is 24.3 Å². The van der Waals surface area contributed by atoms with E-state index in [1.165, 1.54) is 6.07 Å². The Hall–Kier alpha value is -0.820. The minimum atomic E-state index is -0.373. The maximum Gasteiger partial charge on any atom is 0.129 e. The molecule has 0 bridgehead atoms. The molecule has 0 saturated carbocycles. The van der Waals surface area contributed by atoms with Crippen LogP contribution < -0.4 is 5.32 Å². The first-order valence-corrected chi connectivity index (χ1v) is 6.15. The fourth-order valence-corrected chi connectivity index (χ4v) is 2.52. The zero-order chi connectivity index (χ0) is 12.3. The van der Waals surface area contributed by atoms with Crippen molar-refractivity contribution in [1.82, 2.24) is 5.32 Å². The van der Waals surface area contributed by atoms with Crippen LogP contribution in [0.25, 0.3) is 0 Å². The van der Waals surface area contributed by atoms with Gasteiger partial charge in [-0.2, -0.15) is 5.26 Å². The van der Waals surface area contributed by atoms with Crippen molar-refractivity contribution in [3.05, 3.63) is 34.6 Å². The lowest BCUT2D eigenvalue weighted by Gasteiger charge is -2.26. The summed E-state index contributed by atoms with van der Waals surface area (Å²) in [6.07, 6.45) is 1.83. The molecule has 1 aromatic rings. The molecular weight excluding hydrogens is 274 g/mol. The quantitative estimate of drug-likeness (QED) is 0.904. The molecule has 5 heteroatoms. The Morgan fingerprint density at radius 1 is 1.39 bits per heavy atom. The number of nitrogens with one attached hydrogen (secondary N) is 1. The molecule has 1 aliphatic heterocycles. The largest absolute Gasteiger partial charge is 0.317 e. The van der Waals surface area contributed by atoms with Gasteiger partial charge in [-0.1, -0.05) is 17.7 Å². The predicted molar refractivity (Wildman–Crippen MR) is 72.6 cm³/mol. The summed E-state index contributed by atoms with van der Waals surface area (Å²) in [7, 11) is 0. The maximum absolute atomic E-state index is 13.8. The highest BCUT2D eigenvalue weighted by atomic mass is 35.5. The Kier molecular flexibility index (Phi) is 5.87. The van der Waals surface area contributed by atoms with Gasteiger partial charge in [0.25, 0.3) is 0 Å². The lowest BCUT2D eigenvalue weighted by molar-refractivity contribution is 0.346. The van der Waals surface area contributed by atoms with Crippen LogP contribution in [0.3, 0.4) is 0 Å². The second-order valence-corrected chi connectivity index (χ2v) is 4.80. The van der Waals surface area contributed by atoms with Crippen molar-refractivity contribution in [2.45, 2.75) is 18.8 Å². The van der Waals surface area contributed by atoms with Gasteiger partial charge in [0.05, 0.1) is 12.0 Å². The third-order valence-electron chi connectivity index (χ3n) is 3.29. The average molecular weight is 289 g/mol. The molecule has 0 spiro atoms. The van der Waals surface area contributed by atoms with Gasteiger partial charge >= 0.3 is 0 Å². The summed E-state index contributed by atoms with van der Waals surface area (Å²) in [5, 5.41) is 12.9. The Morgan fingerprint density at radius 3 is 2.61 bits per heavy atom. The zero-order valence-corrected chi connectivity index (χ0v) is 11.4. The van der Waals surface area contributed by atoms with Crippen LogP contribution in [-0.2, 0) is 0 Å². The standard InChI is InChI=1S/C13H14ClFN2.ClH/c14-10-1-2-11(13(15)7-10)12(8-16)9-3-5-17-6-4-9;/h1-2,7,9,12,17H,3-6H2;1H. The first kappa shape index (κ1) is 15.2. The van der Waals surface area contributed by atoms with Crippen molar-refractivity contribution in [1.29, 1.82) is 5.26 Å². The highest BCUT2D eigenvalue weighted by Crippen LogP contribution is 2.32. The number of hydrogen-bond acceptors (Lipinski definition) is 2. The van der Waals surface area contributed by atoms with E-state index < -0.39 is 0 Å². The van der Waals surface area contributed by atoms with E-state index in [-0.39, 0.29) is 30.1 Å². The molecule has 0 radical (unpaired) electrons. The Morgan fingerprint density at radius 2 is 2.06 bits per heavy atom. The minimum Gasteiger partial charge on any atom is -0.317 e. The van der Waals surface area contributed by atoms with Gasteiger partial charge in [0, 0.05) is 10.6 Å². The lowest BCUT2D eigenvalue weighted by atomic mass is 9.81. The van der Waals surface area contributed by atoms with E-state index in [1.807, 2.05) is 0 Å². The predicted octanol–water partition coefficient (Wildman–Crippen LogP) is 3.51. The molecule has 1 aromatic carbocycles. The van der Waals surface area contributed by atoms with E-state index in [2.05, 4.69) is 11.4 Å². The number of halogens is 3. The number of nitriles is 1. The van der Waals surface area contributed by atoms with Crippen LogP contribution in [0.4, 0.5) is 4.39 Å². The van der Waals surface area contributed by atoms with E-state index in [1.54, 1.807) is 12.1 Å². The smallest absolute Gasteiger partial charge is 0.129 e. The Bertz CT molecular complexity index is 439. The average Bonchev–Trinajstić information content (AvgIpc) is 2.34. The fourth-order valence-electron chi connectivity index (χ4n) is 2.36. The summed E-state index contributed by atoms with van der Waals surface area (Å²) in [4.78, 5) is 0. The van der Waals surface area contributed by atoms with E-state index >= 15 is 0 Å². The SMILES string of the molecule is Cl.N#CC(c1ccc(Cl)cc1F)C1CCNCC1. The van der Waals surface area contributed by atoms with Crippen molar-refractivity contribution >= 4 is 24.0 Å². The molecule has 0 amide bonds. The molecule has 1 N–H and O–H groups in total. The summed E-state index contributed by atoms with van der Waals surface area (Å²) in [6, 6.07) is 6.79. The summed E-state index contributed by atoms with van der Waals surface area (Å²) in [6.45, 7) is 1.80. The van der Waals surface area contributed by atoms with Crippen LogP contribution >= 0.6 is 24.0 Å². The molecule has 1 atom stereocenters. The molecular formula is C13H15Cl2FN2. The van der Waals surface area contributed by atoms with Gasteiger partial charge in [0.15, 0.2) is 0 Å². The van der Waals surface area contributed by atoms with Crippen LogP contribution in [0.5, 0.6) is 0 Å². The fraction of sp³-hybridized carbons (Fsp3) is 0.462. The maximum atomic E-state index is 13.8. The molecule has 1 unspecified atom stereocenters. The highest BCUT2D eigenvalue weighted by Gasteiger charge is 2.26. The molecule has 2 rings (SSSR count). The molecule has 98 valence electrons. The van der Waals surface area contributed by atoms with E-state index in [9.17, 15) is 9.65 Å². The van der Waals surface area contributed by atoms with Gasteiger partial charge in [0.1, 0.15) is 5.82 Å². The molecule has 1 aliphatic rings. The monoisotopic (exact) mass is 288 g/mol. The number of piperidine rings is 1.